The van der Waals surface area contributed by atoms with Gasteiger partial charge in [0.05, 0.1) is 16.7 Å². The Morgan fingerprint density at radius 2 is 1.94 bits per heavy atom. The van der Waals surface area contributed by atoms with Crippen molar-refractivity contribution in [3.8, 4) is 11.3 Å². The van der Waals surface area contributed by atoms with E-state index < -0.39 is 4.92 Å². The van der Waals surface area contributed by atoms with E-state index in [2.05, 4.69) is 4.98 Å². The Morgan fingerprint density at radius 3 is 2.61 bits per heavy atom. The normalized spacial score (nSPS) is 10.3. The Kier molecular flexibility index (Phi) is 2.97. The molecule has 5 heteroatoms. The van der Waals surface area contributed by atoms with Crippen LogP contribution in [-0.4, -0.2) is 9.91 Å². The summed E-state index contributed by atoms with van der Waals surface area (Å²) in [6, 6.07) is 8.59. The fraction of sp³-hybridized carbons (Fsp3) is 0.154. The van der Waals surface area contributed by atoms with Gasteiger partial charge in [0.2, 0.25) is 0 Å². The molecule has 0 unspecified atom stereocenters. The summed E-state index contributed by atoms with van der Waals surface area (Å²) in [6.45, 7) is 3.90. The molecule has 1 heterocycles. The van der Waals surface area contributed by atoms with Crippen molar-refractivity contribution in [3.63, 3.8) is 0 Å². The summed E-state index contributed by atoms with van der Waals surface area (Å²) in [5, 5.41) is 10.8. The molecular weight excluding hydrogens is 230 g/mol. The van der Waals surface area contributed by atoms with Crippen molar-refractivity contribution in [2.75, 3.05) is 5.73 Å². The lowest BCUT2D eigenvalue weighted by atomic mass is 10.0. The van der Waals surface area contributed by atoms with Crippen LogP contribution < -0.4 is 5.73 Å². The van der Waals surface area contributed by atoms with Crippen LogP contribution in [0.4, 0.5) is 11.5 Å². The van der Waals surface area contributed by atoms with Crippen LogP contribution >= 0.6 is 0 Å². The van der Waals surface area contributed by atoms with E-state index in [0.29, 0.717) is 5.69 Å². The predicted molar refractivity (Wildman–Crippen MR) is 70.2 cm³/mol. The minimum Gasteiger partial charge on any atom is -0.383 e. The molecule has 0 amide bonds. The van der Waals surface area contributed by atoms with Gasteiger partial charge in [-0.15, -0.1) is 0 Å². The Bertz CT molecular complexity index is 624. The fourth-order valence-electron chi connectivity index (χ4n) is 1.79. The number of aromatic nitrogens is 1. The van der Waals surface area contributed by atoms with Crippen molar-refractivity contribution in [3.05, 3.63) is 51.6 Å². The summed E-state index contributed by atoms with van der Waals surface area (Å²) in [4.78, 5) is 14.5. The maximum atomic E-state index is 10.8. The Hall–Kier alpha value is -2.43. The van der Waals surface area contributed by atoms with Gasteiger partial charge in [-0.1, -0.05) is 17.7 Å². The van der Waals surface area contributed by atoms with Crippen molar-refractivity contribution in [1.82, 2.24) is 4.98 Å². The molecule has 0 atom stereocenters. The smallest absolute Gasteiger partial charge is 0.275 e. The molecule has 0 radical (unpaired) electrons. The van der Waals surface area contributed by atoms with Gasteiger partial charge in [-0.3, -0.25) is 10.1 Å². The molecule has 0 aliphatic carbocycles. The molecule has 2 rings (SSSR count). The molecule has 5 nitrogen and oxygen atoms in total. The van der Waals surface area contributed by atoms with Crippen LogP contribution in [0.15, 0.2) is 30.3 Å². The van der Waals surface area contributed by atoms with Gasteiger partial charge in [-0.2, -0.15) is 0 Å². The van der Waals surface area contributed by atoms with Crippen LogP contribution in [-0.2, 0) is 0 Å². The number of anilines is 1. The predicted octanol–water partition coefficient (Wildman–Crippen LogP) is 2.86. The van der Waals surface area contributed by atoms with Gasteiger partial charge >= 0.3 is 0 Å². The maximum absolute atomic E-state index is 10.8. The Balaban J connectivity index is 2.63. The van der Waals surface area contributed by atoms with Crippen molar-refractivity contribution in [2.45, 2.75) is 13.8 Å². The van der Waals surface area contributed by atoms with Crippen molar-refractivity contribution < 1.29 is 4.92 Å². The molecular formula is C13H13N3O2. The van der Waals surface area contributed by atoms with E-state index in [9.17, 15) is 10.1 Å². The first-order valence-electron chi connectivity index (χ1n) is 5.47. The second-order valence-corrected chi connectivity index (χ2v) is 4.21. The minimum absolute atomic E-state index is 0.0431. The second-order valence-electron chi connectivity index (χ2n) is 4.21. The largest absolute Gasteiger partial charge is 0.383 e. The fourth-order valence-corrected chi connectivity index (χ4v) is 1.79. The lowest BCUT2D eigenvalue weighted by molar-refractivity contribution is -0.384. The SMILES string of the molecule is Cc1ccc(C)c(-c2cc([N+](=O)[O-])cc(N)n2)c1. The van der Waals surface area contributed by atoms with E-state index in [4.69, 9.17) is 5.73 Å². The highest BCUT2D eigenvalue weighted by molar-refractivity contribution is 5.68. The molecule has 2 aromatic rings. The van der Waals surface area contributed by atoms with Gasteiger partial charge < -0.3 is 5.73 Å². The van der Waals surface area contributed by atoms with Gasteiger partial charge in [0, 0.05) is 11.6 Å². The van der Waals surface area contributed by atoms with E-state index in [1.54, 1.807) is 0 Å². The van der Waals surface area contributed by atoms with E-state index in [0.717, 1.165) is 16.7 Å². The number of nitrogens with two attached hydrogens (primary N) is 1. The van der Waals surface area contributed by atoms with Crippen LogP contribution in [0, 0.1) is 24.0 Å². The van der Waals surface area contributed by atoms with Crippen LogP contribution in [0.2, 0.25) is 0 Å². The van der Waals surface area contributed by atoms with Gasteiger partial charge in [0.15, 0.2) is 0 Å². The highest BCUT2D eigenvalue weighted by Gasteiger charge is 2.12. The molecule has 0 spiro atoms. The molecule has 92 valence electrons. The molecule has 0 saturated carbocycles. The molecule has 2 N–H and O–H groups in total. The zero-order chi connectivity index (χ0) is 13.3. The van der Waals surface area contributed by atoms with Gasteiger partial charge in [0.25, 0.3) is 5.69 Å². The average Bonchev–Trinajstić information content (AvgIpc) is 2.31. The van der Waals surface area contributed by atoms with Crippen LogP contribution in [0.3, 0.4) is 0 Å². The lowest BCUT2D eigenvalue weighted by Gasteiger charge is -2.07. The van der Waals surface area contributed by atoms with Crippen LogP contribution in [0.5, 0.6) is 0 Å². The molecule has 0 bridgehead atoms. The second kappa shape index (κ2) is 4.44. The lowest BCUT2D eigenvalue weighted by Crippen LogP contribution is -1.97. The van der Waals surface area contributed by atoms with E-state index in [1.807, 2.05) is 32.0 Å². The number of hydrogen-bond acceptors (Lipinski definition) is 4. The number of nitrogens with zero attached hydrogens (tertiary/aromatic N) is 2. The summed E-state index contributed by atoms with van der Waals surface area (Å²) in [6.07, 6.45) is 0. The van der Waals surface area contributed by atoms with Crippen LogP contribution in [0.1, 0.15) is 11.1 Å². The Morgan fingerprint density at radius 1 is 1.22 bits per heavy atom. The third-order valence-corrected chi connectivity index (χ3v) is 2.71. The van der Waals surface area contributed by atoms with Gasteiger partial charge in [-0.05, 0) is 25.5 Å². The zero-order valence-corrected chi connectivity index (χ0v) is 10.2. The van der Waals surface area contributed by atoms with E-state index in [-0.39, 0.29) is 11.5 Å². The van der Waals surface area contributed by atoms with Crippen molar-refractivity contribution in [2.24, 2.45) is 0 Å². The number of nitrogen functional groups attached to an aromatic ring is 1. The number of rotatable bonds is 2. The number of nitro groups is 1. The number of aryl methyl sites for hydroxylation is 2. The first-order valence-corrected chi connectivity index (χ1v) is 5.47. The summed E-state index contributed by atoms with van der Waals surface area (Å²) >= 11 is 0. The molecule has 1 aromatic carbocycles. The molecule has 0 saturated heterocycles. The highest BCUT2D eigenvalue weighted by atomic mass is 16.6. The molecule has 1 aromatic heterocycles. The molecule has 0 aliphatic heterocycles. The zero-order valence-electron chi connectivity index (χ0n) is 10.2. The van der Waals surface area contributed by atoms with E-state index in [1.165, 1.54) is 12.1 Å². The molecule has 0 aliphatic rings. The number of benzene rings is 1. The van der Waals surface area contributed by atoms with Crippen molar-refractivity contribution >= 4 is 11.5 Å². The summed E-state index contributed by atoms with van der Waals surface area (Å²) < 4.78 is 0. The summed E-state index contributed by atoms with van der Waals surface area (Å²) in [5.74, 6) is 0.153. The standard InChI is InChI=1S/C13H13N3O2/c1-8-3-4-9(2)11(5-8)12-6-10(16(17)18)7-13(14)15-12/h3-7H,1-2H3,(H2,14,15). The Labute approximate surface area is 104 Å². The van der Waals surface area contributed by atoms with Gasteiger partial charge in [-0.25, -0.2) is 4.98 Å². The van der Waals surface area contributed by atoms with Crippen LogP contribution in [0.25, 0.3) is 11.3 Å². The van der Waals surface area contributed by atoms with Crippen molar-refractivity contribution in [1.29, 1.82) is 0 Å². The first kappa shape index (κ1) is 12.0. The van der Waals surface area contributed by atoms with Gasteiger partial charge in [0.1, 0.15) is 5.82 Å². The monoisotopic (exact) mass is 243 g/mol. The quantitative estimate of drug-likeness (QED) is 0.649. The number of hydrogen-bond donors (Lipinski definition) is 1. The number of pyridine rings is 1. The third-order valence-electron chi connectivity index (χ3n) is 2.71. The topological polar surface area (TPSA) is 82.0 Å². The molecule has 0 fully saturated rings. The highest BCUT2D eigenvalue weighted by Crippen LogP contribution is 2.27. The summed E-state index contributed by atoms with van der Waals surface area (Å²) in [5.41, 5.74) is 9.04. The third kappa shape index (κ3) is 2.29. The summed E-state index contributed by atoms with van der Waals surface area (Å²) in [7, 11) is 0. The average molecular weight is 243 g/mol. The minimum atomic E-state index is -0.466. The maximum Gasteiger partial charge on any atom is 0.275 e. The molecule has 18 heavy (non-hydrogen) atoms. The van der Waals surface area contributed by atoms with E-state index >= 15 is 0 Å². The first-order chi connectivity index (χ1) is 8.47.